The number of carbonyl (C=O) groups excluding carboxylic acids is 1. The van der Waals surface area contributed by atoms with Crippen LogP contribution in [-0.2, 0) is 4.79 Å². The van der Waals surface area contributed by atoms with E-state index in [0.717, 1.165) is 0 Å². The molecule has 0 radical (unpaired) electrons. The quantitative estimate of drug-likeness (QED) is 0.466. The number of aromatic nitrogens is 3. The van der Waals surface area contributed by atoms with Gasteiger partial charge < -0.3 is 14.8 Å². The number of hydrogen-bond donors (Lipinski definition) is 1. The third kappa shape index (κ3) is 4.46. The topological polar surface area (TPSA) is 78.3 Å². The zero-order valence-electron chi connectivity index (χ0n) is 17.3. The van der Waals surface area contributed by atoms with Crippen LogP contribution in [0, 0.1) is 0 Å². The van der Waals surface area contributed by atoms with Crippen LogP contribution in [0.15, 0.2) is 66.7 Å². The van der Waals surface area contributed by atoms with Crippen LogP contribution in [0.5, 0.6) is 11.5 Å². The SMILES string of the molecule is COc1ccc(-n2nc3ccc(NC(=O)C(C)(C)Oc4ccccc4)cc3n2)cc1Cl. The number of nitrogens with zero attached hydrogens (tertiary/aromatic N) is 3. The Morgan fingerprint density at radius 2 is 1.74 bits per heavy atom. The van der Waals surface area contributed by atoms with E-state index in [9.17, 15) is 4.79 Å². The van der Waals surface area contributed by atoms with Crippen molar-refractivity contribution in [2.24, 2.45) is 0 Å². The molecule has 0 saturated heterocycles. The molecule has 31 heavy (non-hydrogen) atoms. The van der Waals surface area contributed by atoms with Crippen molar-refractivity contribution in [3.05, 3.63) is 71.8 Å². The molecule has 8 heteroatoms. The fourth-order valence-corrected chi connectivity index (χ4v) is 3.25. The lowest BCUT2D eigenvalue weighted by Crippen LogP contribution is -2.42. The molecule has 0 aliphatic heterocycles. The van der Waals surface area contributed by atoms with Crippen molar-refractivity contribution in [1.29, 1.82) is 0 Å². The Kier molecular flexibility index (Phi) is 5.52. The van der Waals surface area contributed by atoms with Crippen LogP contribution in [0.4, 0.5) is 5.69 Å². The van der Waals surface area contributed by atoms with Gasteiger partial charge in [-0.25, -0.2) is 0 Å². The van der Waals surface area contributed by atoms with E-state index in [2.05, 4.69) is 15.5 Å². The van der Waals surface area contributed by atoms with Gasteiger partial charge in [-0.3, -0.25) is 4.79 Å². The summed E-state index contributed by atoms with van der Waals surface area (Å²) in [6, 6.07) is 19.9. The number of anilines is 1. The molecular formula is C23H21ClN4O3. The molecule has 1 aromatic heterocycles. The van der Waals surface area contributed by atoms with Gasteiger partial charge in [-0.1, -0.05) is 29.8 Å². The highest BCUT2D eigenvalue weighted by molar-refractivity contribution is 6.32. The number of methoxy groups -OCH3 is 1. The number of carbonyl (C=O) groups is 1. The number of hydrogen-bond acceptors (Lipinski definition) is 5. The first-order valence-corrected chi connectivity index (χ1v) is 10.00. The molecular weight excluding hydrogens is 416 g/mol. The average Bonchev–Trinajstić information content (AvgIpc) is 3.17. The first kappa shape index (κ1) is 20.7. The maximum Gasteiger partial charge on any atom is 0.267 e. The van der Waals surface area contributed by atoms with Crippen molar-refractivity contribution >= 4 is 34.2 Å². The first-order chi connectivity index (χ1) is 14.9. The highest BCUT2D eigenvalue weighted by Gasteiger charge is 2.30. The maximum atomic E-state index is 12.8. The van der Waals surface area contributed by atoms with Gasteiger partial charge >= 0.3 is 0 Å². The molecule has 1 amide bonds. The monoisotopic (exact) mass is 436 g/mol. The zero-order chi connectivity index (χ0) is 22.0. The standard InChI is InChI=1S/C23H21ClN4O3/c1-23(2,31-17-7-5-4-6-8-17)22(29)25-15-9-11-19-20(13-15)27-28(26-19)16-10-12-21(30-3)18(24)14-16/h4-14H,1-3H3,(H,25,29). The molecule has 1 heterocycles. The van der Waals surface area contributed by atoms with E-state index in [0.29, 0.717) is 38.9 Å². The van der Waals surface area contributed by atoms with E-state index in [-0.39, 0.29) is 5.91 Å². The second-order valence-electron chi connectivity index (χ2n) is 7.39. The Labute approximate surface area is 184 Å². The summed E-state index contributed by atoms with van der Waals surface area (Å²) in [5.74, 6) is 0.927. The number of rotatable bonds is 6. The van der Waals surface area contributed by atoms with Crippen LogP contribution in [0.2, 0.25) is 5.02 Å². The Morgan fingerprint density at radius 3 is 2.45 bits per heavy atom. The van der Waals surface area contributed by atoms with Gasteiger partial charge in [0.15, 0.2) is 5.60 Å². The van der Waals surface area contributed by atoms with Gasteiger partial charge in [0.2, 0.25) is 0 Å². The Balaban J connectivity index is 1.54. The van der Waals surface area contributed by atoms with Gasteiger partial charge in [0.1, 0.15) is 22.5 Å². The Bertz CT molecular complexity index is 1240. The van der Waals surface area contributed by atoms with Gasteiger partial charge in [-0.05, 0) is 62.4 Å². The molecule has 3 aromatic carbocycles. The molecule has 0 aliphatic rings. The molecule has 0 spiro atoms. The van der Waals surface area contributed by atoms with Crippen LogP contribution in [0.1, 0.15) is 13.8 Å². The minimum absolute atomic E-state index is 0.273. The normalized spacial score (nSPS) is 11.4. The highest BCUT2D eigenvalue weighted by Crippen LogP contribution is 2.27. The third-order valence-electron chi connectivity index (χ3n) is 4.67. The van der Waals surface area contributed by atoms with Gasteiger partial charge in [-0.2, -0.15) is 4.80 Å². The number of benzene rings is 3. The van der Waals surface area contributed by atoms with Gasteiger partial charge in [0.25, 0.3) is 5.91 Å². The summed E-state index contributed by atoms with van der Waals surface area (Å²) in [6.07, 6.45) is 0. The maximum absolute atomic E-state index is 12.8. The first-order valence-electron chi connectivity index (χ1n) is 9.62. The molecule has 158 valence electrons. The molecule has 4 rings (SSSR count). The highest BCUT2D eigenvalue weighted by atomic mass is 35.5. The van der Waals surface area contributed by atoms with Gasteiger partial charge in [-0.15, -0.1) is 10.2 Å². The lowest BCUT2D eigenvalue weighted by molar-refractivity contribution is -0.128. The number of nitrogens with one attached hydrogen (secondary N) is 1. The fourth-order valence-electron chi connectivity index (χ4n) is 3.00. The molecule has 0 fully saturated rings. The van der Waals surface area contributed by atoms with Crippen molar-refractivity contribution in [3.8, 4) is 17.2 Å². The zero-order valence-corrected chi connectivity index (χ0v) is 18.1. The molecule has 0 aliphatic carbocycles. The van der Waals surface area contributed by atoms with E-state index in [1.54, 1.807) is 51.3 Å². The Hall–Kier alpha value is -3.58. The molecule has 7 nitrogen and oxygen atoms in total. The Morgan fingerprint density at radius 1 is 1.00 bits per heavy atom. The number of amides is 1. The average molecular weight is 437 g/mol. The number of halogens is 1. The summed E-state index contributed by atoms with van der Waals surface area (Å²) < 4.78 is 11.0. The number of ether oxygens (including phenoxy) is 2. The van der Waals surface area contributed by atoms with Crippen molar-refractivity contribution < 1.29 is 14.3 Å². The van der Waals surface area contributed by atoms with Crippen LogP contribution in [0.25, 0.3) is 16.7 Å². The van der Waals surface area contributed by atoms with Crippen LogP contribution in [0.3, 0.4) is 0 Å². The second-order valence-corrected chi connectivity index (χ2v) is 7.80. The predicted molar refractivity (Wildman–Crippen MR) is 120 cm³/mol. The minimum atomic E-state index is -1.06. The summed E-state index contributed by atoms with van der Waals surface area (Å²) in [6.45, 7) is 3.44. The predicted octanol–water partition coefficient (Wildman–Crippen LogP) is 4.88. The summed E-state index contributed by atoms with van der Waals surface area (Å²) in [7, 11) is 1.56. The molecule has 1 N–H and O–H groups in total. The van der Waals surface area contributed by atoms with Crippen LogP contribution in [-0.4, -0.2) is 33.6 Å². The lowest BCUT2D eigenvalue weighted by atomic mass is 10.1. The minimum Gasteiger partial charge on any atom is -0.495 e. The van der Waals surface area contributed by atoms with Gasteiger partial charge in [0, 0.05) is 5.69 Å². The van der Waals surface area contributed by atoms with E-state index in [1.807, 2.05) is 36.4 Å². The van der Waals surface area contributed by atoms with Crippen LogP contribution >= 0.6 is 11.6 Å². The molecule has 0 unspecified atom stereocenters. The number of para-hydroxylation sites is 1. The van der Waals surface area contributed by atoms with E-state index < -0.39 is 5.60 Å². The summed E-state index contributed by atoms with van der Waals surface area (Å²) in [5, 5.41) is 12.3. The summed E-state index contributed by atoms with van der Waals surface area (Å²) in [5.41, 5.74) is 1.55. The van der Waals surface area contributed by atoms with E-state index in [1.165, 1.54) is 4.80 Å². The molecule has 0 saturated carbocycles. The third-order valence-corrected chi connectivity index (χ3v) is 4.96. The molecule has 4 aromatic rings. The van der Waals surface area contributed by atoms with Crippen molar-refractivity contribution in [2.75, 3.05) is 12.4 Å². The summed E-state index contributed by atoms with van der Waals surface area (Å²) >= 11 is 6.21. The molecule has 0 atom stereocenters. The van der Waals surface area contributed by atoms with Crippen molar-refractivity contribution in [3.63, 3.8) is 0 Å². The largest absolute Gasteiger partial charge is 0.495 e. The number of fused-ring (bicyclic) bond motifs is 1. The lowest BCUT2D eigenvalue weighted by Gasteiger charge is -2.25. The van der Waals surface area contributed by atoms with E-state index in [4.69, 9.17) is 21.1 Å². The van der Waals surface area contributed by atoms with Crippen molar-refractivity contribution in [2.45, 2.75) is 19.4 Å². The smallest absolute Gasteiger partial charge is 0.267 e. The van der Waals surface area contributed by atoms with E-state index >= 15 is 0 Å². The summed E-state index contributed by atoms with van der Waals surface area (Å²) in [4.78, 5) is 14.3. The van der Waals surface area contributed by atoms with Crippen LogP contribution < -0.4 is 14.8 Å². The fraction of sp³-hybridized carbons (Fsp3) is 0.174. The van der Waals surface area contributed by atoms with Crippen molar-refractivity contribution in [1.82, 2.24) is 15.0 Å². The molecule has 0 bridgehead atoms. The van der Waals surface area contributed by atoms with Gasteiger partial charge in [0.05, 0.1) is 17.8 Å². The second kappa shape index (κ2) is 8.28.